The van der Waals surface area contributed by atoms with E-state index in [1.807, 2.05) is 24.3 Å². The van der Waals surface area contributed by atoms with Crippen molar-refractivity contribution in [2.24, 2.45) is 0 Å². The summed E-state index contributed by atoms with van der Waals surface area (Å²) in [5.41, 5.74) is 1.42. The van der Waals surface area contributed by atoms with E-state index < -0.39 is 0 Å². The molecule has 0 saturated heterocycles. The van der Waals surface area contributed by atoms with Crippen LogP contribution in [0.15, 0.2) is 51.5 Å². The van der Waals surface area contributed by atoms with Crippen LogP contribution in [0.4, 0.5) is 0 Å². The van der Waals surface area contributed by atoms with E-state index in [4.69, 9.17) is 9.15 Å². The maximum atomic E-state index is 9.66. The molecule has 0 atom stereocenters. The van der Waals surface area contributed by atoms with Gasteiger partial charge in [0.2, 0.25) is 5.89 Å². The predicted molar refractivity (Wildman–Crippen MR) is 85.0 cm³/mol. The molecule has 0 aliphatic heterocycles. The van der Waals surface area contributed by atoms with Gasteiger partial charge in [-0.2, -0.15) is 0 Å². The smallest absolute Gasteiger partial charge is 0.226 e. The van der Waals surface area contributed by atoms with Crippen LogP contribution in [0, 0.1) is 0 Å². The lowest BCUT2D eigenvalue weighted by Crippen LogP contribution is -1.81. The van der Waals surface area contributed by atoms with Crippen LogP contribution >= 0.6 is 15.9 Å². The zero-order valence-corrected chi connectivity index (χ0v) is 13.2. The summed E-state index contributed by atoms with van der Waals surface area (Å²) < 4.78 is 11.2. The van der Waals surface area contributed by atoms with E-state index in [-0.39, 0.29) is 11.5 Å². The quantitative estimate of drug-likeness (QED) is 0.684. The highest BCUT2D eigenvalue weighted by molar-refractivity contribution is 9.10. The Balaban J connectivity index is 1.96. The number of benzene rings is 2. The van der Waals surface area contributed by atoms with Crippen molar-refractivity contribution in [3.05, 3.63) is 47.1 Å². The van der Waals surface area contributed by atoms with Crippen LogP contribution in [0.25, 0.3) is 22.8 Å². The lowest BCUT2D eigenvalue weighted by Gasteiger charge is -2.03. The van der Waals surface area contributed by atoms with Crippen LogP contribution in [-0.4, -0.2) is 22.3 Å². The third kappa shape index (κ3) is 2.65. The second-order valence-corrected chi connectivity index (χ2v) is 5.44. The molecule has 112 valence electrons. The van der Waals surface area contributed by atoms with E-state index in [9.17, 15) is 10.2 Å². The molecule has 3 rings (SSSR count). The van der Waals surface area contributed by atoms with Crippen molar-refractivity contribution in [2.75, 3.05) is 7.11 Å². The predicted octanol–water partition coefficient (Wildman–Crippen LogP) is 4.19. The highest BCUT2D eigenvalue weighted by Gasteiger charge is 2.13. The van der Waals surface area contributed by atoms with Crippen molar-refractivity contribution >= 4 is 15.9 Å². The Kier molecular flexibility index (Phi) is 3.77. The first-order chi connectivity index (χ1) is 10.6. The zero-order valence-electron chi connectivity index (χ0n) is 11.6. The van der Waals surface area contributed by atoms with E-state index in [1.54, 1.807) is 19.4 Å². The molecule has 6 heteroatoms. The third-order valence-electron chi connectivity index (χ3n) is 3.17. The molecule has 0 aliphatic rings. The fourth-order valence-electron chi connectivity index (χ4n) is 2.00. The van der Waals surface area contributed by atoms with Crippen molar-refractivity contribution < 1.29 is 19.4 Å². The summed E-state index contributed by atoms with van der Waals surface area (Å²) >= 11 is 3.17. The van der Waals surface area contributed by atoms with Crippen LogP contribution < -0.4 is 4.74 Å². The topological polar surface area (TPSA) is 75.7 Å². The van der Waals surface area contributed by atoms with Gasteiger partial charge in [0, 0.05) is 11.1 Å². The molecule has 0 amide bonds. The van der Waals surface area contributed by atoms with Crippen molar-refractivity contribution in [1.82, 2.24) is 4.98 Å². The molecule has 22 heavy (non-hydrogen) atoms. The highest BCUT2D eigenvalue weighted by Crippen LogP contribution is 2.38. The number of hydrogen-bond donors (Lipinski definition) is 2. The van der Waals surface area contributed by atoms with Gasteiger partial charge in [-0.3, -0.25) is 0 Å². The number of phenolic OH excluding ortho intramolecular Hbond substituents is 2. The summed E-state index contributed by atoms with van der Waals surface area (Å²) in [6.07, 6.45) is 1.61. The Morgan fingerprint density at radius 2 is 1.82 bits per heavy atom. The Hall–Kier alpha value is -2.47. The van der Waals surface area contributed by atoms with Crippen LogP contribution in [-0.2, 0) is 0 Å². The maximum Gasteiger partial charge on any atom is 0.226 e. The first-order valence-corrected chi connectivity index (χ1v) is 7.20. The third-order valence-corrected chi connectivity index (χ3v) is 3.77. The standard InChI is InChI=1S/C16H12BrNO4/c1-21-11-4-2-9(3-5-11)14-8-18-16(22-14)10-6-12(17)15(20)13(19)7-10/h2-8,19-20H,1H3. The van der Waals surface area contributed by atoms with Gasteiger partial charge in [0.25, 0.3) is 0 Å². The second-order valence-electron chi connectivity index (χ2n) is 4.58. The van der Waals surface area contributed by atoms with Gasteiger partial charge in [0.05, 0.1) is 17.8 Å². The van der Waals surface area contributed by atoms with E-state index in [2.05, 4.69) is 20.9 Å². The summed E-state index contributed by atoms with van der Waals surface area (Å²) in [6, 6.07) is 10.4. The van der Waals surface area contributed by atoms with Gasteiger partial charge in [-0.15, -0.1) is 0 Å². The summed E-state index contributed by atoms with van der Waals surface area (Å²) in [5.74, 6) is 1.25. The molecule has 1 heterocycles. The lowest BCUT2D eigenvalue weighted by molar-refractivity contribution is 0.401. The lowest BCUT2D eigenvalue weighted by atomic mass is 10.2. The number of ether oxygens (including phenoxy) is 1. The van der Waals surface area contributed by atoms with Crippen LogP contribution in [0.2, 0.25) is 0 Å². The number of rotatable bonds is 3. The van der Waals surface area contributed by atoms with E-state index in [1.165, 1.54) is 6.07 Å². The van der Waals surface area contributed by atoms with Crippen LogP contribution in [0.1, 0.15) is 0 Å². The molecule has 0 fully saturated rings. The molecule has 1 aromatic heterocycles. The van der Waals surface area contributed by atoms with E-state index in [0.717, 1.165) is 11.3 Å². The van der Waals surface area contributed by atoms with E-state index >= 15 is 0 Å². The zero-order chi connectivity index (χ0) is 15.7. The Labute approximate surface area is 134 Å². The number of oxazole rings is 1. The minimum absolute atomic E-state index is 0.217. The van der Waals surface area contributed by atoms with Gasteiger partial charge >= 0.3 is 0 Å². The molecular weight excluding hydrogens is 350 g/mol. The molecule has 0 bridgehead atoms. The van der Waals surface area contributed by atoms with Crippen LogP contribution in [0.3, 0.4) is 0 Å². The number of aromatic hydroxyl groups is 2. The van der Waals surface area contributed by atoms with Gasteiger partial charge in [0.15, 0.2) is 17.3 Å². The summed E-state index contributed by atoms with van der Waals surface area (Å²) in [6.45, 7) is 0. The van der Waals surface area contributed by atoms with Gasteiger partial charge in [-0.1, -0.05) is 0 Å². The average Bonchev–Trinajstić information content (AvgIpc) is 3.02. The monoisotopic (exact) mass is 361 g/mol. The Morgan fingerprint density at radius 1 is 1.09 bits per heavy atom. The van der Waals surface area contributed by atoms with Crippen molar-refractivity contribution in [3.8, 4) is 40.0 Å². The number of methoxy groups -OCH3 is 1. The molecule has 0 aliphatic carbocycles. The number of phenols is 2. The summed E-state index contributed by atoms with van der Waals surface area (Å²) in [4.78, 5) is 4.21. The number of nitrogens with zero attached hydrogens (tertiary/aromatic N) is 1. The minimum Gasteiger partial charge on any atom is -0.504 e. The number of halogens is 1. The first-order valence-electron chi connectivity index (χ1n) is 6.40. The molecule has 2 aromatic carbocycles. The van der Waals surface area contributed by atoms with Crippen LogP contribution in [0.5, 0.6) is 17.2 Å². The average molecular weight is 362 g/mol. The number of hydrogen-bond acceptors (Lipinski definition) is 5. The molecule has 2 N–H and O–H groups in total. The molecule has 0 spiro atoms. The van der Waals surface area contributed by atoms with Crippen molar-refractivity contribution in [2.45, 2.75) is 0 Å². The van der Waals surface area contributed by atoms with Gasteiger partial charge < -0.3 is 19.4 Å². The largest absolute Gasteiger partial charge is 0.504 e. The number of aromatic nitrogens is 1. The van der Waals surface area contributed by atoms with Crippen molar-refractivity contribution in [3.63, 3.8) is 0 Å². The fraction of sp³-hybridized carbons (Fsp3) is 0.0625. The first kappa shape index (κ1) is 14.5. The van der Waals surface area contributed by atoms with Crippen molar-refractivity contribution in [1.29, 1.82) is 0 Å². The van der Waals surface area contributed by atoms with Gasteiger partial charge in [0.1, 0.15) is 5.75 Å². The Morgan fingerprint density at radius 3 is 2.45 bits per heavy atom. The SMILES string of the molecule is COc1ccc(-c2cnc(-c3cc(O)c(O)c(Br)c3)o2)cc1. The van der Waals surface area contributed by atoms with Gasteiger partial charge in [-0.05, 0) is 52.3 Å². The molecule has 0 unspecified atom stereocenters. The fourth-order valence-corrected chi connectivity index (χ4v) is 2.45. The van der Waals surface area contributed by atoms with Gasteiger partial charge in [-0.25, -0.2) is 4.98 Å². The molecule has 3 aromatic rings. The summed E-state index contributed by atoms with van der Waals surface area (Å²) in [5, 5.41) is 19.2. The molecular formula is C16H12BrNO4. The molecule has 0 radical (unpaired) electrons. The minimum atomic E-state index is -0.242. The second kappa shape index (κ2) is 5.73. The maximum absolute atomic E-state index is 9.66. The Bertz CT molecular complexity index is 788. The van der Waals surface area contributed by atoms with E-state index in [0.29, 0.717) is 21.7 Å². The molecule has 0 saturated carbocycles. The summed E-state index contributed by atoms with van der Waals surface area (Å²) in [7, 11) is 1.61. The normalized spacial score (nSPS) is 10.6. The highest BCUT2D eigenvalue weighted by atomic mass is 79.9. The molecule has 5 nitrogen and oxygen atoms in total.